The minimum atomic E-state index is -0.279. The molecule has 0 heterocycles. The molecule has 0 aliphatic carbocycles. The van der Waals surface area contributed by atoms with Crippen molar-refractivity contribution in [3.63, 3.8) is 0 Å². The Balaban J connectivity index is 2.31. The Labute approximate surface area is 126 Å². The summed E-state index contributed by atoms with van der Waals surface area (Å²) in [6.07, 6.45) is 0.671. The molecule has 20 heavy (non-hydrogen) atoms. The van der Waals surface area contributed by atoms with Crippen LogP contribution in [0.1, 0.15) is 22.7 Å². The predicted molar refractivity (Wildman–Crippen MR) is 80.7 cm³/mol. The molecular weight excluding hydrogens is 324 g/mol. The van der Waals surface area contributed by atoms with E-state index in [1.807, 2.05) is 20.0 Å². The highest BCUT2D eigenvalue weighted by atomic mass is 79.9. The molecule has 1 unspecified atom stereocenters. The molecule has 0 aliphatic rings. The van der Waals surface area contributed by atoms with Gasteiger partial charge in [-0.2, -0.15) is 0 Å². The summed E-state index contributed by atoms with van der Waals surface area (Å²) in [7, 11) is 1.83. The van der Waals surface area contributed by atoms with Crippen molar-refractivity contribution in [1.29, 1.82) is 0 Å². The zero-order valence-corrected chi connectivity index (χ0v) is 13.0. The normalized spacial score (nSPS) is 12.4. The molecule has 0 bridgehead atoms. The van der Waals surface area contributed by atoms with Gasteiger partial charge in [0.1, 0.15) is 11.6 Å². The van der Waals surface area contributed by atoms with Gasteiger partial charge >= 0.3 is 0 Å². The molecule has 2 aromatic carbocycles. The van der Waals surface area contributed by atoms with Crippen molar-refractivity contribution in [2.75, 3.05) is 7.05 Å². The Morgan fingerprint density at radius 1 is 1.20 bits per heavy atom. The van der Waals surface area contributed by atoms with Gasteiger partial charge in [-0.15, -0.1) is 0 Å². The molecule has 106 valence electrons. The third-order valence-electron chi connectivity index (χ3n) is 3.43. The zero-order valence-electron chi connectivity index (χ0n) is 11.4. The number of benzene rings is 2. The molecule has 0 fully saturated rings. The van der Waals surface area contributed by atoms with E-state index in [0.29, 0.717) is 10.9 Å². The minimum absolute atomic E-state index is 0.0377. The summed E-state index contributed by atoms with van der Waals surface area (Å²) in [6, 6.07) is 9.71. The van der Waals surface area contributed by atoms with Gasteiger partial charge < -0.3 is 5.32 Å². The molecule has 1 atom stereocenters. The van der Waals surface area contributed by atoms with Crippen LogP contribution in [-0.4, -0.2) is 7.05 Å². The van der Waals surface area contributed by atoms with Crippen LogP contribution < -0.4 is 5.32 Å². The van der Waals surface area contributed by atoms with Gasteiger partial charge in [0.25, 0.3) is 0 Å². The van der Waals surface area contributed by atoms with Crippen LogP contribution in [0.15, 0.2) is 40.9 Å². The van der Waals surface area contributed by atoms with Crippen molar-refractivity contribution in [1.82, 2.24) is 5.32 Å². The van der Waals surface area contributed by atoms with Crippen molar-refractivity contribution in [2.45, 2.75) is 19.4 Å². The van der Waals surface area contributed by atoms with Crippen LogP contribution in [0.2, 0.25) is 0 Å². The third kappa shape index (κ3) is 3.25. The first-order chi connectivity index (χ1) is 9.52. The first kappa shape index (κ1) is 15.1. The topological polar surface area (TPSA) is 12.0 Å². The van der Waals surface area contributed by atoms with Crippen molar-refractivity contribution < 1.29 is 8.78 Å². The van der Waals surface area contributed by atoms with Gasteiger partial charge in [-0.1, -0.05) is 18.2 Å². The predicted octanol–water partition coefficient (Wildman–Crippen LogP) is 4.54. The van der Waals surface area contributed by atoms with Crippen molar-refractivity contribution in [3.8, 4) is 0 Å². The number of likely N-dealkylation sites (N-methyl/N-ethyl adjacent to an activating group) is 1. The van der Waals surface area contributed by atoms with Crippen LogP contribution in [-0.2, 0) is 6.42 Å². The fraction of sp³-hybridized carbons (Fsp3) is 0.250. The average Bonchev–Trinajstić information content (AvgIpc) is 2.42. The highest BCUT2D eigenvalue weighted by Crippen LogP contribution is 2.29. The summed E-state index contributed by atoms with van der Waals surface area (Å²) in [6.45, 7) is 1.88. The van der Waals surface area contributed by atoms with Crippen LogP contribution >= 0.6 is 15.9 Å². The van der Waals surface area contributed by atoms with Crippen LogP contribution in [0, 0.1) is 18.6 Å². The Morgan fingerprint density at radius 3 is 2.60 bits per heavy atom. The van der Waals surface area contributed by atoms with E-state index in [1.54, 1.807) is 12.1 Å². The van der Waals surface area contributed by atoms with E-state index in [1.165, 1.54) is 18.2 Å². The standard InChI is InChI=1S/C16H16BrF2N/c1-10-8-12(18)7-6-11(10)9-15(20-2)13-4-3-5-14(19)16(13)17/h3-8,15,20H,9H2,1-2H3. The maximum Gasteiger partial charge on any atom is 0.137 e. The molecule has 2 rings (SSSR count). The summed E-state index contributed by atoms with van der Waals surface area (Å²) < 4.78 is 27.2. The van der Waals surface area contributed by atoms with Crippen molar-refractivity contribution >= 4 is 15.9 Å². The first-order valence-corrected chi connectivity index (χ1v) is 7.18. The molecular formula is C16H16BrF2N. The van der Waals surface area contributed by atoms with Crippen LogP contribution in [0.3, 0.4) is 0 Å². The van der Waals surface area contributed by atoms with Crippen molar-refractivity contribution in [3.05, 3.63) is 69.2 Å². The minimum Gasteiger partial charge on any atom is -0.313 e. The third-order valence-corrected chi connectivity index (χ3v) is 4.27. The smallest absolute Gasteiger partial charge is 0.137 e. The molecule has 1 N–H and O–H groups in total. The van der Waals surface area contributed by atoms with Crippen LogP contribution in [0.5, 0.6) is 0 Å². The van der Waals surface area contributed by atoms with Gasteiger partial charge in [0.15, 0.2) is 0 Å². The summed E-state index contributed by atoms with van der Waals surface area (Å²) in [4.78, 5) is 0. The SMILES string of the molecule is CNC(Cc1ccc(F)cc1C)c1cccc(F)c1Br. The van der Waals surface area contributed by atoms with E-state index < -0.39 is 0 Å². The first-order valence-electron chi connectivity index (χ1n) is 6.39. The Kier molecular flexibility index (Phi) is 4.89. The van der Waals surface area contributed by atoms with Gasteiger partial charge in [-0.05, 0) is 71.2 Å². The van der Waals surface area contributed by atoms with E-state index >= 15 is 0 Å². The second-order valence-corrected chi connectivity index (χ2v) is 5.55. The molecule has 0 aromatic heterocycles. The lowest BCUT2D eigenvalue weighted by Crippen LogP contribution is -2.20. The number of rotatable bonds is 4. The van der Waals surface area contributed by atoms with E-state index in [4.69, 9.17) is 0 Å². The second kappa shape index (κ2) is 6.46. The van der Waals surface area contributed by atoms with Crippen LogP contribution in [0.4, 0.5) is 8.78 Å². The number of hydrogen-bond donors (Lipinski definition) is 1. The van der Waals surface area contributed by atoms with Gasteiger partial charge in [0.05, 0.1) is 4.47 Å². The molecule has 1 nitrogen and oxygen atoms in total. The van der Waals surface area contributed by atoms with Crippen LogP contribution in [0.25, 0.3) is 0 Å². The average molecular weight is 340 g/mol. The fourth-order valence-corrected chi connectivity index (χ4v) is 2.81. The highest BCUT2D eigenvalue weighted by molar-refractivity contribution is 9.10. The number of nitrogens with one attached hydrogen (secondary N) is 1. The summed E-state index contributed by atoms with van der Waals surface area (Å²) >= 11 is 3.29. The summed E-state index contributed by atoms with van der Waals surface area (Å²) in [5.74, 6) is -0.516. The van der Waals surface area contributed by atoms with Gasteiger partial charge in [0.2, 0.25) is 0 Å². The lowest BCUT2D eigenvalue weighted by atomic mass is 9.96. The fourth-order valence-electron chi connectivity index (χ4n) is 2.27. The molecule has 2 aromatic rings. The molecule has 0 amide bonds. The number of halogens is 3. The monoisotopic (exact) mass is 339 g/mol. The Bertz CT molecular complexity index is 613. The van der Waals surface area contributed by atoms with Gasteiger partial charge in [-0.25, -0.2) is 8.78 Å². The van der Waals surface area contributed by atoms with E-state index in [-0.39, 0.29) is 17.7 Å². The molecule has 0 saturated carbocycles. The van der Waals surface area contributed by atoms with E-state index in [9.17, 15) is 8.78 Å². The Hall–Kier alpha value is -1.26. The maximum atomic E-state index is 13.6. The van der Waals surface area contributed by atoms with Crippen molar-refractivity contribution in [2.24, 2.45) is 0 Å². The lowest BCUT2D eigenvalue weighted by molar-refractivity contribution is 0.568. The van der Waals surface area contributed by atoms with E-state index in [2.05, 4.69) is 21.2 Å². The zero-order chi connectivity index (χ0) is 14.7. The van der Waals surface area contributed by atoms with Gasteiger partial charge in [0, 0.05) is 6.04 Å². The van der Waals surface area contributed by atoms with Gasteiger partial charge in [-0.3, -0.25) is 0 Å². The quantitative estimate of drug-likeness (QED) is 0.862. The summed E-state index contributed by atoms with van der Waals surface area (Å²) in [5, 5.41) is 3.19. The lowest BCUT2D eigenvalue weighted by Gasteiger charge is -2.19. The highest BCUT2D eigenvalue weighted by Gasteiger charge is 2.16. The number of hydrogen-bond acceptors (Lipinski definition) is 1. The summed E-state index contributed by atoms with van der Waals surface area (Å²) in [5.41, 5.74) is 2.80. The molecule has 0 spiro atoms. The Morgan fingerprint density at radius 2 is 1.95 bits per heavy atom. The largest absolute Gasteiger partial charge is 0.313 e. The number of aryl methyl sites for hydroxylation is 1. The van der Waals surface area contributed by atoms with E-state index in [0.717, 1.165) is 16.7 Å². The second-order valence-electron chi connectivity index (χ2n) is 4.76. The maximum absolute atomic E-state index is 13.6. The molecule has 0 radical (unpaired) electrons. The molecule has 0 aliphatic heterocycles. The molecule has 0 saturated heterocycles. The molecule has 4 heteroatoms.